The first-order chi connectivity index (χ1) is 11.6. The Morgan fingerprint density at radius 1 is 1.16 bits per heavy atom. The number of hydrogen-bond donors (Lipinski definition) is 1. The van der Waals surface area contributed by atoms with Gasteiger partial charge < -0.3 is 10.2 Å². The van der Waals surface area contributed by atoms with Crippen molar-refractivity contribution >= 4 is 18.3 Å². The van der Waals surface area contributed by atoms with Gasteiger partial charge in [-0.3, -0.25) is 4.79 Å². The Morgan fingerprint density at radius 2 is 1.88 bits per heavy atom. The Labute approximate surface area is 153 Å². The zero-order valence-electron chi connectivity index (χ0n) is 14.2. The zero-order chi connectivity index (χ0) is 16.7. The minimum Gasteiger partial charge on any atom is -0.342 e. The van der Waals surface area contributed by atoms with Gasteiger partial charge in [-0.2, -0.15) is 0 Å². The van der Waals surface area contributed by atoms with Crippen molar-refractivity contribution in [2.45, 2.75) is 44.1 Å². The van der Waals surface area contributed by atoms with Crippen LogP contribution in [-0.4, -0.2) is 36.5 Å². The molecular weight excluding hydrogens is 346 g/mol. The monoisotopic (exact) mass is 370 g/mol. The molecule has 3 aliphatic rings. The second-order valence-electron chi connectivity index (χ2n) is 7.54. The predicted octanol–water partition coefficient (Wildman–Crippen LogP) is 3.48. The summed E-state index contributed by atoms with van der Waals surface area (Å²) in [6, 6.07) is 4.76. The SMILES string of the molecule is Cl.O=C(C1CC1c1cccc(F)c1F)N1CCC(NCC2CC2)CC1. The van der Waals surface area contributed by atoms with Gasteiger partial charge in [0.15, 0.2) is 11.6 Å². The number of nitrogens with zero attached hydrogens (tertiary/aromatic N) is 1. The number of benzene rings is 1. The largest absolute Gasteiger partial charge is 0.342 e. The van der Waals surface area contributed by atoms with E-state index >= 15 is 0 Å². The second-order valence-corrected chi connectivity index (χ2v) is 7.54. The maximum Gasteiger partial charge on any atom is 0.226 e. The number of piperidine rings is 1. The van der Waals surface area contributed by atoms with Crippen LogP contribution >= 0.6 is 12.4 Å². The molecule has 138 valence electrons. The van der Waals surface area contributed by atoms with E-state index in [2.05, 4.69) is 5.32 Å². The van der Waals surface area contributed by atoms with Gasteiger partial charge in [-0.05, 0) is 62.1 Å². The number of carbonyl (C=O) groups is 1. The van der Waals surface area contributed by atoms with Crippen LogP contribution in [-0.2, 0) is 4.79 Å². The van der Waals surface area contributed by atoms with E-state index in [0.29, 0.717) is 18.0 Å². The minimum absolute atomic E-state index is 0. The fraction of sp³-hybridized carbons (Fsp3) is 0.632. The van der Waals surface area contributed by atoms with Crippen molar-refractivity contribution in [1.29, 1.82) is 0 Å². The highest BCUT2D eigenvalue weighted by molar-refractivity contribution is 5.85. The average molecular weight is 371 g/mol. The van der Waals surface area contributed by atoms with Crippen LogP contribution in [0.25, 0.3) is 0 Å². The summed E-state index contributed by atoms with van der Waals surface area (Å²) in [5.41, 5.74) is 0.356. The number of nitrogens with one attached hydrogen (secondary N) is 1. The lowest BCUT2D eigenvalue weighted by atomic mass is 10.0. The van der Waals surface area contributed by atoms with Crippen molar-refractivity contribution in [1.82, 2.24) is 10.2 Å². The minimum atomic E-state index is -0.826. The molecule has 2 aliphatic carbocycles. The van der Waals surface area contributed by atoms with Crippen LogP contribution in [0.3, 0.4) is 0 Å². The van der Waals surface area contributed by atoms with E-state index in [9.17, 15) is 13.6 Å². The lowest BCUT2D eigenvalue weighted by Crippen LogP contribution is -2.46. The summed E-state index contributed by atoms with van der Waals surface area (Å²) in [5.74, 6) is -0.951. The fourth-order valence-corrected chi connectivity index (χ4v) is 3.81. The molecule has 2 saturated carbocycles. The van der Waals surface area contributed by atoms with Gasteiger partial charge in [0.25, 0.3) is 0 Å². The van der Waals surface area contributed by atoms with Gasteiger partial charge in [0, 0.05) is 25.0 Å². The average Bonchev–Trinajstić information content (AvgIpc) is 3.49. The van der Waals surface area contributed by atoms with E-state index in [1.54, 1.807) is 6.07 Å². The molecule has 1 amide bonds. The van der Waals surface area contributed by atoms with E-state index in [1.165, 1.54) is 18.9 Å². The van der Waals surface area contributed by atoms with Crippen molar-refractivity contribution in [3.05, 3.63) is 35.4 Å². The Morgan fingerprint density at radius 3 is 2.56 bits per heavy atom. The summed E-state index contributed by atoms with van der Waals surface area (Å²) >= 11 is 0. The van der Waals surface area contributed by atoms with Gasteiger partial charge in [-0.15, -0.1) is 12.4 Å². The third-order valence-corrected chi connectivity index (χ3v) is 5.69. The van der Waals surface area contributed by atoms with E-state index in [-0.39, 0.29) is 30.2 Å². The number of likely N-dealkylation sites (tertiary alicyclic amines) is 1. The van der Waals surface area contributed by atoms with Crippen LogP contribution < -0.4 is 5.32 Å². The van der Waals surface area contributed by atoms with Gasteiger partial charge in [-0.25, -0.2) is 8.78 Å². The molecule has 6 heteroatoms. The van der Waals surface area contributed by atoms with Crippen LogP contribution in [0.15, 0.2) is 18.2 Å². The van der Waals surface area contributed by atoms with Crippen molar-refractivity contribution < 1.29 is 13.6 Å². The van der Waals surface area contributed by atoms with Gasteiger partial charge in [-0.1, -0.05) is 12.1 Å². The summed E-state index contributed by atoms with van der Waals surface area (Å²) in [6.45, 7) is 2.66. The first-order valence-electron chi connectivity index (χ1n) is 9.09. The summed E-state index contributed by atoms with van der Waals surface area (Å²) in [4.78, 5) is 14.5. The molecule has 1 N–H and O–H groups in total. The summed E-state index contributed by atoms with van der Waals surface area (Å²) in [6.07, 6.45) is 5.32. The van der Waals surface area contributed by atoms with Gasteiger partial charge in [0.2, 0.25) is 5.91 Å². The molecule has 2 unspecified atom stereocenters. The summed E-state index contributed by atoms with van der Waals surface area (Å²) in [5, 5.41) is 3.61. The smallest absolute Gasteiger partial charge is 0.226 e. The quantitative estimate of drug-likeness (QED) is 0.860. The number of halogens is 3. The maximum atomic E-state index is 13.9. The first-order valence-corrected chi connectivity index (χ1v) is 9.09. The molecule has 3 fully saturated rings. The Balaban J connectivity index is 0.00000182. The topological polar surface area (TPSA) is 32.3 Å². The van der Waals surface area contributed by atoms with Gasteiger partial charge in [0.05, 0.1) is 0 Å². The molecule has 0 spiro atoms. The highest BCUT2D eigenvalue weighted by atomic mass is 35.5. The molecule has 4 rings (SSSR count). The molecule has 1 aliphatic heterocycles. The van der Waals surface area contributed by atoms with E-state index < -0.39 is 11.6 Å². The highest BCUT2D eigenvalue weighted by Gasteiger charge is 2.47. The maximum absolute atomic E-state index is 13.9. The van der Waals surface area contributed by atoms with Crippen molar-refractivity contribution in [3.63, 3.8) is 0 Å². The predicted molar refractivity (Wildman–Crippen MR) is 94.8 cm³/mol. The molecule has 2 atom stereocenters. The number of amides is 1. The third kappa shape index (κ3) is 4.14. The number of hydrogen-bond acceptors (Lipinski definition) is 2. The second kappa shape index (κ2) is 7.58. The highest BCUT2D eigenvalue weighted by Crippen LogP contribution is 2.49. The Bertz CT molecular complexity index is 630. The molecule has 0 bridgehead atoms. The van der Waals surface area contributed by atoms with Crippen molar-refractivity contribution in [2.75, 3.05) is 19.6 Å². The van der Waals surface area contributed by atoms with Crippen LogP contribution in [0, 0.1) is 23.5 Å². The Kier molecular flexibility index (Phi) is 5.64. The molecule has 3 nitrogen and oxygen atoms in total. The molecular formula is C19H25ClF2N2O. The third-order valence-electron chi connectivity index (χ3n) is 5.69. The molecule has 1 aromatic carbocycles. The van der Waals surface area contributed by atoms with Crippen LogP contribution in [0.2, 0.25) is 0 Å². The van der Waals surface area contributed by atoms with Crippen LogP contribution in [0.1, 0.15) is 43.6 Å². The van der Waals surface area contributed by atoms with E-state index in [4.69, 9.17) is 0 Å². The molecule has 25 heavy (non-hydrogen) atoms. The van der Waals surface area contributed by atoms with Crippen LogP contribution in [0.4, 0.5) is 8.78 Å². The zero-order valence-corrected chi connectivity index (χ0v) is 15.0. The summed E-state index contributed by atoms with van der Waals surface area (Å²) in [7, 11) is 0. The number of rotatable bonds is 5. The standard InChI is InChI=1S/C19H24F2N2O.ClH/c20-17-3-1-2-14(18(17)21)15-10-16(15)19(24)23-8-6-13(7-9-23)22-11-12-4-5-12;/h1-3,12-13,15-16,22H,4-11H2;1H. The summed E-state index contributed by atoms with van der Waals surface area (Å²) < 4.78 is 27.2. The number of carbonyl (C=O) groups excluding carboxylic acids is 1. The molecule has 0 aromatic heterocycles. The lowest BCUT2D eigenvalue weighted by Gasteiger charge is -2.33. The normalized spacial score (nSPS) is 26.2. The van der Waals surface area contributed by atoms with Crippen LogP contribution in [0.5, 0.6) is 0 Å². The van der Waals surface area contributed by atoms with Crippen molar-refractivity contribution in [3.8, 4) is 0 Å². The van der Waals surface area contributed by atoms with Crippen molar-refractivity contribution in [2.24, 2.45) is 11.8 Å². The first kappa shape index (κ1) is 18.6. The van der Waals surface area contributed by atoms with Gasteiger partial charge >= 0.3 is 0 Å². The Hall–Kier alpha value is -1.20. The molecule has 1 heterocycles. The van der Waals surface area contributed by atoms with E-state index in [0.717, 1.165) is 44.5 Å². The van der Waals surface area contributed by atoms with E-state index in [1.807, 2.05) is 4.90 Å². The molecule has 1 aromatic rings. The molecule has 0 radical (unpaired) electrons. The molecule has 1 saturated heterocycles. The lowest BCUT2D eigenvalue weighted by molar-refractivity contribution is -0.133. The fourth-order valence-electron chi connectivity index (χ4n) is 3.81. The van der Waals surface area contributed by atoms with Gasteiger partial charge in [0.1, 0.15) is 0 Å².